The van der Waals surface area contributed by atoms with Gasteiger partial charge in [0.05, 0.1) is 6.61 Å². The zero-order valence-electron chi connectivity index (χ0n) is 15.6. The zero-order chi connectivity index (χ0) is 19.6. The van der Waals surface area contributed by atoms with Crippen LogP contribution in [0.2, 0.25) is 5.02 Å². The second-order valence-electron chi connectivity index (χ2n) is 6.42. The van der Waals surface area contributed by atoms with Gasteiger partial charge in [-0.05, 0) is 11.1 Å². The lowest BCUT2D eigenvalue weighted by Crippen LogP contribution is -2.61. The van der Waals surface area contributed by atoms with Crippen molar-refractivity contribution in [2.75, 3.05) is 40.9 Å². The Labute approximate surface area is 163 Å². The molecule has 0 aliphatic carbocycles. The van der Waals surface area contributed by atoms with Gasteiger partial charge in [-0.25, -0.2) is 9.37 Å². The van der Waals surface area contributed by atoms with E-state index in [4.69, 9.17) is 16.3 Å². The van der Waals surface area contributed by atoms with Gasteiger partial charge in [-0.15, -0.1) is 0 Å². The predicted octanol–water partition coefficient (Wildman–Crippen LogP) is 0.791. The van der Waals surface area contributed by atoms with Crippen LogP contribution < -0.4 is 5.32 Å². The summed E-state index contributed by atoms with van der Waals surface area (Å²) in [5.74, 6) is 0.837. The molecule has 1 atom stereocenters. The summed E-state index contributed by atoms with van der Waals surface area (Å²) in [6, 6.07) is 6.47. The van der Waals surface area contributed by atoms with E-state index in [9.17, 15) is 9.59 Å². The lowest BCUT2D eigenvalue weighted by Gasteiger charge is -2.30. The number of fused-ring (bicyclic) bond motifs is 1. The summed E-state index contributed by atoms with van der Waals surface area (Å²) in [5.41, 5.74) is 0.889. The molecule has 0 saturated carbocycles. The highest BCUT2D eigenvalue weighted by Crippen LogP contribution is 2.23. The van der Waals surface area contributed by atoms with E-state index in [1.54, 1.807) is 14.2 Å². The third-order valence-electron chi connectivity index (χ3n) is 4.68. The minimum absolute atomic E-state index is 0.296. The molecule has 9 heteroatoms. The van der Waals surface area contributed by atoms with Gasteiger partial charge in [0.2, 0.25) is 0 Å². The number of hydrogen-bond acceptors (Lipinski definition) is 5. The number of rotatable bonds is 7. The van der Waals surface area contributed by atoms with E-state index < -0.39 is 6.04 Å². The molecule has 1 N–H and O–H groups in total. The number of amides is 3. The number of urea groups is 1. The molecule has 1 saturated heterocycles. The number of nitrogens with zero attached hydrogens (tertiary/aromatic N) is 4. The lowest BCUT2D eigenvalue weighted by atomic mass is 10.1. The zero-order valence-corrected chi connectivity index (χ0v) is 16.4. The Bertz CT molecular complexity index is 823. The summed E-state index contributed by atoms with van der Waals surface area (Å²) < 4.78 is 6.95. The van der Waals surface area contributed by atoms with Crippen molar-refractivity contribution in [1.29, 1.82) is 0 Å². The van der Waals surface area contributed by atoms with Crippen LogP contribution in [0, 0.1) is 0 Å². The molecule has 27 heavy (non-hydrogen) atoms. The Hall–Kier alpha value is -2.29. The van der Waals surface area contributed by atoms with Crippen molar-refractivity contribution in [3.05, 3.63) is 34.9 Å². The van der Waals surface area contributed by atoms with E-state index in [0.29, 0.717) is 42.9 Å². The van der Waals surface area contributed by atoms with Gasteiger partial charge in [-0.3, -0.25) is 14.6 Å². The average molecular weight is 393 g/mol. The minimum atomic E-state index is -0.645. The van der Waals surface area contributed by atoms with E-state index in [1.165, 1.54) is 11.9 Å². The number of methoxy groups -OCH3 is 1. The maximum Gasteiger partial charge on any atom is 0.333 e. The molecule has 0 radical (unpaired) electrons. The van der Waals surface area contributed by atoms with E-state index in [-0.39, 0.29) is 11.9 Å². The monoisotopic (exact) mass is 392 g/mol. The van der Waals surface area contributed by atoms with Gasteiger partial charge in [0.25, 0.3) is 17.8 Å². The van der Waals surface area contributed by atoms with Crippen LogP contribution in [0.5, 0.6) is 0 Å². The SMILES string of the molecule is COCCNCC1=[N+](Cc2ccccc2Cl)C2C(=O)N(C)C(=O)N(C)C2=N1. The number of carbonyl (C=O) groups is 2. The fourth-order valence-corrected chi connectivity index (χ4v) is 3.35. The summed E-state index contributed by atoms with van der Waals surface area (Å²) in [5, 5.41) is 3.87. The second kappa shape index (κ2) is 8.16. The molecule has 2 aliphatic rings. The molecule has 8 nitrogen and oxygen atoms in total. The van der Waals surface area contributed by atoms with Crippen LogP contribution in [0.3, 0.4) is 0 Å². The fourth-order valence-electron chi connectivity index (χ4n) is 3.16. The van der Waals surface area contributed by atoms with Crippen molar-refractivity contribution in [2.24, 2.45) is 4.99 Å². The highest BCUT2D eigenvalue weighted by Gasteiger charge is 2.52. The Morgan fingerprint density at radius 3 is 2.70 bits per heavy atom. The molecule has 144 valence electrons. The molecule has 1 fully saturated rings. The summed E-state index contributed by atoms with van der Waals surface area (Å²) in [6.45, 7) is 2.09. The molecular formula is C18H23ClN5O3+. The van der Waals surface area contributed by atoms with E-state index >= 15 is 0 Å². The molecule has 0 aromatic heterocycles. The molecule has 2 heterocycles. The van der Waals surface area contributed by atoms with Crippen molar-refractivity contribution in [3.63, 3.8) is 0 Å². The normalized spacial score (nSPS) is 19.7. The van der Waals surface area contributed by atoms with E-state index in [0.717, 1.165) is 10.5 Å². The quantitative estimate of drug-likeness (QED) is 0.550. The number of likely N-dealkylation sites (N-methyl/N-ethyl adjacent to an activating group) is 2. The smallest absolute Gasteiger partial charge is 0.333 e. The standard InChI is InChI=1S/C18H23ClN5O3/c1-22-16-15(17(25)23(2)18(22)26)24(11-12-6-4-5-7-13(12)19)14(21-16)10-20-8-9-27-3/h4-7,15,20H,8-11H2,1-3H3/q+1. The first-order chi connectivity index (χ1) is 13.0. The molecule has 3 amide bonds. The van der Waals surface area contributed by atoms with Crippen LogP contribution in [0.25, 0.3) is 0 Å². The van der Waals surface area contributed by atoms with Gasteiger partial charge in [0.1, 0.15) is 13.1 Å². The summed E-state index contributed by atoms with van der Waals surface area (Å²) in [7, 11) is 4.75. The van der Waals surface area contributed by atoms with Gasteiger partial charge in [-0.2, -0.15) is 0 Å². The van der Waals surface area contributed by atoms with Gasteiger partial charge >= 0.3 is 11.9 Å². The average Bonchev–Trinajstić information content (AvgIpc) is 3.02. The van der Waals surface area contributed by atoms with Crippen LogP contribution in [0.4, 0.5) is 4.79 Å². The van der Waals surface area contributed by atoms with Crippen molar-refractivity contribution < 1.29 is 18.9 Å². The summed E-state index contributed by atoms with van der Waals surface area (Å²) in [6.07, 6.45) is 0. The lowest BCUT2D eigenvalue weighted by molar-refractivity contribution is -0.551. The van der Waals surface area contributed by atoms with Crippen molar-refractivity contribution in [2.45, 2.75) is 12.6 Å². The topological polar surface area (TPSA) is 77.2 Å². The van der Waals surface area contributed by atoms with Gasteiger partial charge in [0, 0.05) is 38.3 Å². The first kappa shape index (κ1) is 19.5. The summed E-state index contributed by atoms with van der Waals surface area (Å²) >= 11 is 6.32. The van der Waals surface area contributed by atoms with Gasteiger partial charge in [-0.1, -0.05) is 29.8 Å². The summed E-state index contributed by atoms with van der Waals surface area (Å²) in [4.78, 5) is 32.3. The molecule has 0 bridgehead atoms. The highest BCUT2D eigenvalue weighted by molar-refractivity contribution is 6.31. The van der Waals surface area contributed by atoms with Crippen molar-refractivity contribution in [1.82, 2.24) is 15.1 Å². The maximum atomic E-state index is 12.8. The number of benzene rings is 1. The van der Waals surface area contributed by atoms with E-state index in [2.05, 4.69) is 10.3 Å². The number of aliphatic imine (C=N–C) groups is 1. The Morgan fingerprint density at radius 1 is 1.26 bits per heavy atom. The first-order valence-electron chi connectivity index (χ1n) is 8.65. The van der Waals surface area contributed by atoms with Gasteiger partial charge < -0.3 is 10.1 Å². The maximum absolute atomic E-state index is 12.8. The molecule has 0 spiro atoms. The number of amidine groups is 2. The number of halogens is 1. The second-order valence-corrected chi connectivity index (χ2v) is 6.82. The largest absolute Gasteiger partial charge is 0.383 e. The molecule has 3 rings (SSSR count). The van der Waals surface area contributed by atoms with Crippen LogP contribution in [-0.2, 0) is 16.1 Å². The number of hydrogen-bond donors (Lipinski definition) is 1. The first-order valence-corrected chi connectivity index (χ1v) is 9.03. The van der Waals surface area contributed by atoms with Crippen LogP contribution in [0.15, 0.2) is 29.3 Å². The van der Waals surface area contributed by atoms with E-state index in [1.807, 2.05) is 28.8 Å². The predicted molar refractivity (Wildman–Crippen MR) is 102 cm³/mol. The molecule has 2 aliphatic heterocycles. The van der Waals surface area contributed by atoms with Crippen LogP contribution >= 0.6 is 11.6 Å². The van der Waals surface area contributed by atoms with Crippen LogP contribution in [0.1, 0.15) is 5.56 Å². The van der Waals surface area contributed by atoms with Crippen LogP contribution in [-0.4, -0.2) is 84.9 Å². The minimum Gasteiger partial charge on any atom is -0.383 e. The van der Waals surface area contributed by atoms with Gasteiger partial charge in [0.15, 0.2) is 0 Å². The number of carbonyl (C=O) groups excluding carboxylic acids is 2. The third-order valence-corrected chi connectivity index (χ3v) is 5.05. The Balaban J connectivity index is 1.94. The third kappa shape index (κ3) is 3.73. The Morgan fingerprint density at radius 2 is 2.00 bits per heavy atom. The Kier molecular flexibility index (Phi) is 5.88. The number of imide groups is 1. The van der Waals surface area contributed by atoms with Crippen molar-refractivity contribution >= 4 is 35.2 Å². The number of ether oxygens (including phenoxy) is 1. The molecular weight excluding hydrogens is 370 g/mol. The molecule has 1 aromatic rings. The fraction of sp³-hybridized carbons (Fsp3) is 0.444. The molecule has 1 aromatic carbocycles. The highest BCUT2D eigenvalue weighted by atomic mass is 35.5. The van der Waals surface area contributed by atoms with Crippen molar-refractivity contribution in [3.8, 4) is 0 Å². The number of nitrogens with one attached hydrogen (secondary N) is 1. The molecule has 1 unspecified atom stereocenters.